The van der Waals surface area contributed by atoms with Crippen LogP contribution in [0.3, 0.4) is 0 Å². The molecule has 1 saturated carbocycles. The molecular weight excluding hydrogens is 238 g/mol. The zero-order valence-electron chi connectivity index (χ0n) is 10.7. The molecule has 19 heavy (non-hydrogen) atoms. The lowest BCUT2D eigenvalue weighted by molar-refractivity contribution is 0.444. The third-order valence-electron chi connectivity index (χ3n) is 3.99. The van der Waals surface area contributed by atoms with E-state index < -0.39 is 0 Å². The van der Waals surface area contributed by atoms with Gasteiger partial charge in [-0.25, -0.2) is 0 Å². The Kier molecular flexibility index (Phi) is 3.08. The Balaban J connectivity index is 2.11. The van der Waals surface area contributed by atoms with E-state index in [9.17, 15) is 4.79 Å². The lowest BCUT2D eigenvalue weighted by Gasteiger charge is -2.22. The summed E-state index contributed by atoms with van der Waals surface area (Å²) in [7, 11) is 0. The van der Waals surface area contributed by atoms with E-state index in [-0.39, 0.29) is 11.0 Å². The van der Waals surface area contributed by atoms with Gasteiger partial charge >= 0.3 is 0 Å². The predicted molar refractivity (Wildman–Crippen MR) is 73.0 cm³/mol. The van der Waals surface area contributed by atoms with Crippen molar-refractivity contribution in [1.29, 1.82) is 5.26 Å². The maximum Gasteiger partial charge on any atom is 0.210 e. The third-order valence-corrected chi connectivity index (χ3v) is 3.99. The van der Waals surface area contributed by atoms with Crippen molar-refractivity contribution in [3.05, 3.63) is 45.8 Å². The highest BCUT2D eigenvalue weighted by molar-refractivity contribution is 5.78. The van der Waals surface area contributed by atoms with Gasteiger partial charge in [-0.05, 0) is 36.5 Å². The largest absolute Gasteiger partial charge is 0.463 e. The van der Waals surface area contributed by atoms with Crippen molar-refractivity contribution in [2.75, 3.05) is 0 Å². The van der Waals surface area contributed by atoms with Crippen LogP contribution in [-0.2, 0) is 0 Å². The van der Waals surface area contributed by atoms with Crippen molar-refractivity contribution in [2.24, 2.45) is 0 Å². The summed E-state index contributed by atoms with van der Waals surface area (Å²) in [6, 6.07) is 7.69. The van der Waals surface area contributed by atoms with Gasteiger partial charge in [0.1, 0.15) is 23.5 Å². The highest BCUT2D eigenvalue weighted by Gasteiger charge is 2.17. The second-order valence-electron chi connectivity index (χ2n) is 5.18. The van der Waals surface area contributed by atoms with Crippen LogP contribution in [-0.4, -0.2) is 0 Å². The number of hydrogen-bond donors (Lipinski definition) is 0. The highest BCUT2D eigenvalue weighted by atomic mass is 16.3. The molecule has 1 fully saturated rings. The van der Waals surface area contributed by atoms with E-state index in [1.54, 1.807) is 0 Å². The predicted octanol–water partition coefficient (Wildman–Crippen LogP) is 3.71. The zero-order chi connectivity index (χ0) is 13.2. The molecular formula is C16H15NO2. The first kappa shape index (κ1) is 12.0. The number of rotatable bonds is 1. The molecule has 96 valence electrons. The molecule has 0 unspecified atom stereocenters. The van der Waals surface area contributed by atoms with Crippen molar-refractivity contribution in [2.45, 2.75) is 38.0 Å². The van der Waals surface area contributed by atoms with Crippen molar-refractivity contribution in [1.82, 2.24) is 0 Å². The number of hydrogen-bond acceptors (Lipinski definition) is 3. The molecule has 0 bridgehead atoms. The first-order chi connectivity index (χ1) is 9.29. The van der Waals surface area contributed by atoms with Gasteiger partial charge in [0.05, 0.1) is 5.39 Å². The molecule has 0 spiro atoms. The Morgan fingerprint density at radius 2 is 2.00 bits per heavy atom. The Hall–Kier alpha value is -2.08. The molecule has 0 amide bonds. The molecule has 3 heteroatoms. The average molecular weight is 253 g/mol. The van der Waals surface area contributed by atoms with Gasteiger partial charge in [-0.15, -0.1) is 0 Å². The zero-order valence-corrected chi connectivity index (χ0v) is 10.7. The standard InChI is InChI=1S/C16H15NO2/c17-9-13-10-19-15-7-6-12(8-14(15)16(13)18)11-4-2-1-3-5-11/h6-8,10-11H,1-5H2. The Bertz CT molecular complexity index is 703. The second kappa shape index (κ2) is 4.89. The molecule has 0 aliphatic heterocycles. The van der Waals surface area contributed by atoms with Crippen molar-refractivity contribution >= 4 is 11.0 Å². The fourth-order valence-electron chi connectivity index (χ4n) is 2.92. The van der Waals surface area contributed by atoms with Crippen LogP contribution >= 0.6 is 0 Å². The summed E-state index contributed by atoms with van der Waals surface area (Å²) in [5.41, 5.74) is 1.62. The molecule has 3 rings (SSSR count). The summed E-state index contributed by atoms with van der Waals surface area (Å²) in [6.45, 7) is 0. The van der Waals surface area contributed by atoms with Crippen LogP contribution in [0.4, 0.5) is 0 Å². The number of nitrogens with zero attached hydrogens (tertiary/aromatic N) is 1. The fourth-order valence-corrected chi connectivity index (χ4v) is 2.92. The summed E-state index contributed by atoms with van der Waals surface area (Å²) in [4.78, 5) is 12.1. The lowest BCUT2D eigenvalue weighted by atomic mass is 9.84. The maximum absolute atomic E-state index is 12.1. The monoisotopic (exact) mass is 253 g/mol. The molecule has 2 aromatic rings. The van der Waals surface area contributed by atoms with Gasteiger partial charge in [-0.3, -0.25) is 4.79 Å². The Morgan fingerprint density at radius 3 is 2.74 bits per heavy atom. The summed E-state index contributed by atoms with van der Waals surface area (Å²) >= 11 is 0. The number of benzene rings is 1. The SMILES string of the molecule is N#Cc1coc2ccc(C3CCCCC3)cc2c1=O. The van der Waals surface area contributed by atoms with Gasteiger partial charge < -0.3 is 4.42 Å². The van der Waals surface area contributed by atoms with Crippen molar-refractivity contribution in [3.8, 4) is 6.07 Å². The molecule has 1 aromatic carbocycles. The fraction of sp³-hybridized carbons (Fsp3) is 0.375. The second-order valence-corrected chi connectivity index (χ2v) is 5.18. The van der Waals surface area contributed by atoms with Crippen LogP contribution in [0.1, 0.15) is 49.1 Å². The van der Waals surface area contributed by atoms with Crippen LogP contribution in [0.2, 0.25) is 0 Å². The smallest absolute Gasteiger partial charge is 0.210 e. The molecule has 1 aliphatic carbocycles. The minimum Gasteiger partial charge on any atom is -0.463 e. The summed E-state index contributed by atoms with van der Waals surface area (Å²) < 4.78 is 5.33. The Labute approximate surface area is 111 Å². The van der Waals surface area contributed by atoms with Gasteiger partial charge in [-0.1, -0.05) is 25.3 Å². The quantitative estimate of drug-likeness (QED) is 0.778. The molecule has 0 atom stereocenters. The molecule has 0 N–H and O–H groups in total. The maximum atomic E-state index is 12.1. The number of fused-ring (bicyclic) bond motifs is 1. The van der Waals surface area contributed by atoms with Gasteiger partial charge in [0.25, 0.3) is 0 Å². The van der Waals surface area contributed by atoms with E-state index in [0.29, 0.717) is 16.9 Å². The average Bonchev–Trinajstić information content (AvgIpc) is 2.48. The van der Waals surface area contributed by atoms with E-state index in [1.165, 1.54) is 43.9 Å². The van der Waals surface area contributed by atoms with Crippen LogP contribution in [0.5, 0.6) is 0 Å². The minimum atomic E-state index is -0.221. The van der Waals surface area contributed by atoms with E-state index in [1.807, 2.05) is 24.3 Å². The van der Waals surface area contributed by atoms with E-state index in [2.05, 4.69) is 0 Å². The van der Waals surface area contributed by atoms with Crippen molar-refractivity contribution < 1.29 is 4.42 Å². The van der Waals surface area contributed by atoms with Crippen LogP contribution in [0.25, 0.3) is 11.0 Å². The van der Waals surface area contributed by atoms with Crippen LogP contribution < -0.4 is 5.43 Å². The van der Waals surface area contributed by atoms with E-state index in [4.69, 9.17) is 9.68 Å². The summed E-state index contributed by atoms with van der Waals surface area (Å²) in [5, 5.41) is 9.42. The molecule has 0 saturated heterocycles. The topological polar surface area (TPSA) is 54.0 Å². The van der Waals surface area contributed by atoms with Crippen LogP contribution in [0, 0.1) is 11.3 Å². The molecule has 1 aromatic heterocycles. The van der Waals surface area contributed by atoms with Gasteiger partial charge in [0.15, 0.2) is 0 Å². The lowest BCUT2D eigenvalue weighted by Crippen LogP contribution is -2.08. The van der Waals surface area contributed by atoms with Gasteiger partial charge in [-0.2, -0.15) is 5.26 Å². The summed E-state index contributed by atoms with van der Waals surface area (Å²) in [5.74, 6) is 0.545. The molecule has 0 radical (unpaired) electrons. The molecule has 1 aliphatic rings. The first-order valence-electron chi connectivity index (χ1n) is 6.75. The number of nitriles is 1. The summed E-state index contributed by atoms with van der Waals surface area (Å²) in [6.07, 6.45) is 7.45. The van der Waals surface area contributed by atoms with Crippen molar-refractivity contribution in [3.63, 3.8) is 0 Å². The molecule has 1 heterocycles. The highest BCUT2D eigenvalue weighted by Crippen LogP contribution is 2.33. The van der Waals surface area contributed by atoms with Crippen LogP contribution in [0.15, 0.2) is 33.7 Å². The molecule has 3 nitrogen and oxygen atoms in total. The van der Waals surface area contributed by atoms with E-state index in [0.717, 1.165) is 0 Å². The van der Waals surface area contributed by atoms with E-state index >= 15 is 0 Å². The first-order valence-corrected chi connectivity index (χ1v) is 6.75. The minimum absolute atomic E-state index is 0.0771. The normalized spacial score (nSPS) is 16.4. The van der Waals surface area contributed by atoms with Gasteiger partial charge in [0.2, 0.25) is 5.43 Å². The third kappa shape index (κ3) is 2.15. The Morgan fingerprint density at radius 1 is 1.21 bits per heavy atom. The van der Waals surface area contributed by atoms with Gasteiger partial charge in [0, 0.05) is 0 Å².